The molecule has 1 fully saturated rings. The van der Waals surface area contributed by atoms with Crippen molar-refractivity contribution in [2.45, 2.75) is 37.7 Å². The van der Waals surface area contributed by atoms with Gasteiger partial charge in [-0.25, -0.2) is 13.4 Å². The highest BCUT2D eigenvalue weighted by Crippen LogP contribution is 2.25. The molecule has 1 aliphatic rings. The van der Waals surface area contributed by atoms with E-state index in [2.05, 4.69) is 9.97 Å². The number of hydrogen-bond acceptors (Lipinski definition) is 6. The zero-order chi connectivity index (χ0) is 18.7. The van der Waals surface area contributed by atoms with E-state index in [1.54, 1.807) is 31.2 Å². The molecule has 0 spiro atoms. The second-order valence-corrected chi connectivity index (χ2v) is 8.26. The first kappa shape index (κ1) is 18.6. The maximum Gasteiger partial charge on any atom is 0.243 e. The molecule has 0 amide bonds. The molecule has 1 saturated heterocycles. The van der Waals surface area contributed by atoms with Gasteiger partial charge in [0, 0.05) is 24.4 Å². The second-order valence-electron chi connectivity index (χ2n) is 6.32. The van der Waals surface area contributed by atoms with E-state index in [0.717, 1.165) is 18.5 Å². The highest BCUT2D eigenvalue weighted by Gasteiger charge is 2.31. The lowest BCUT2D eigenvalue weighted by molar-refractivity contribution is 0.124. The first-order valence-electron chi connectivity index (χ1n) is 8.51. The Balaban J connectivity index is 1.76. The van der Waals surface area contributed by atoms with Crippen molar-refractivity contribution in [1.29, 1.82) is 0 Å². The van der Waals surface area contributed by atoms with Crippen LogP contribution in [-0.2, 0) is 10.0 Å². The molecule has 26 heavy (non-hydrogen) atoms. The fraction of sp³-hybridized carbons (Fsp3) is 0.444. The van der Waals surface area contributed by atoms with Crippen LogP contribution in [0.1, 0.15) is 24.4 Å². The smallest absolute Gasteiger partial charge is 0.243 e. The number of aromatic nitrogens is 2. The van der Waals surface area contributed by atoms with Crippen molar-refractivity contribution in [3.8, 4) is 11.6 Å². The number of piperidine rings is 1. The van der Waals surface area contributed by atoms with E-state index in [4.69, 9.17) is 9.47 Å². The molecule has 2 heterocycles. The van der Waals surface area contributed by atoms with Gasteiger partial charge in [-0.1, -0.05) is 6.07 Å². The SMILES string of the molecule is COc1cccc(S(=O)(=O)N2CCCC(Oc3cc(C)nc(C)n3)C2)c1. The van der Waals surface area contributed by atoms with Gasteiger partial charge in [0.25, 0.3) is 0 Å². The van der Waals surface area contributed by atoms with E-state index >= 15 is 0 Å². The van der Waals surface area contributed by atoms with Crippen molar-refractivity contribution in [3.05, 3.63) is 41.9 Å². The molecule has 0 radical (unpaired) electrons. The maximum absolute atomic E-state index is 13.0. The van der Waals surface area contributed by atoms with Crippen molar-refractivity contribution in [1.82, 2.24) is 14.3 Å². The van der Waals surface area contributed by atoms with Crippen LogP contribution in [0.15, 0.2) is 35.2 Å². The fourth-order valence-corrected chi connectivity index (χ4v) is 4.59. The fourth-order valence-electron chi connectivity index (χ4n) is 3.04. The van der Waals surface area contributed by atoms with Gasteiger partial charge in [0.05, 0.1) is 18.6 Å². The molecule has 0 saturated carbocycles. The van der Waals surface area contributed by atoms with E-state index in [-0.39, 0.29) is 11.0 Å². The zero-order valence-electron chi connectivity index (χ0n) is 15.2. The lowest BCUT2D eigenvalue weighted by atomic mass is 10.1. The number of sulfonamides is 1. The molecule has 2 aromatic rings. The van der Waals surface area contributed by atoms with Crippen molar-refractivity contribution in [2.24, 2.45) is 0 Å². The third-order valence-corrected chi connectivity index (χ3v) is 6.11. The highest BCUT2D eigenvalue weighted by molar-refractivity contribution is 7.89. The van der Waals surface area contributed by atoms with Crippen molar-refractivity contribution >= 4 is 10.0 Å². The van der Waals surface area contributed by atoms with Crippen LogP contribution in [0.5, 0.6) is 11.6 Å². The minimum atomic E-state index is -3.60. The number of benzene rings is 1. The first-order valence-corrected chi connectivity index (χ1v) is 9.95. The normalized spacial score (nSPS) is 18.5. The van der Waals surface area contributed by atoms with Crippen LogP contribution in [-0.4, -0.2) is 49.0 Å². The van der Waals surface area contributed by atoms with Crippen LogP contribution in [0.2, 0.25) is 0 Å². The Morgan fingerprint density at radius 1 is 1.19 bits per heavy atom. The summed E-state index contributed by atoms with van der Waals surface area (Å²) < 4.78 is 38.4. The van der Waals surface area contributed by atoms with Crippen LogP contribution in [0, 0.1) is 13.8 Å². The molecule has 1 aromatic carbocycles. The summed E-state index contributed by atoms with van der Waals surface area (Å²) in [5.74, 6) is 1.64. The van der Waals surface area contributed by atoms with Gasteiger partial charge in [0.2, 0.25) is 15.9 Å². The molecule has 0 aliphatic carbocycles. The van der Waals surface area contributed by atoms with Crippen LogP contribution in [0.3, 0.4) is 0 Å². The lowest BCUT2D eigenvalue weighted by Crippen LogP contribution is -2.44. The van der Waals surface area contributed by atoms with Gasteiger partial charge in [-0.2, -0.15) is 9.29 Å². The number of rotatable bonds is 5. The van der Waals surface area contributed by atoms with Crippen LogP contribution >= 0.6 is 0 Å². The lowest BCUT2D eigenvalue weighted by Gasteiger charge is -2.31. The van der Waals surface area contributed by atoms with Gasteiger partial charge in [-0.15, -0.1) is 0 Å². The van der Waals surface area contributed by atoms with E-state index in [9.17, 15) is 8.42 Å². The third kappa shape index (κ3) is 4.13. The molecule has 140 valence electrons. The predicted molar refractivity (Wildman–Crippen MR) is 96.9 cm³/mol. The van der Waals surface area contributed by atoms with Gasteiger partial charge in [0.15, 0.2) is 0 Å². The Morgan fingerprint density at radius 2 is 2.00 bits per heavy atom. The summed E-state index contributed by atoms with van der Waals surface area (Å²) in [5, 5.41) is 0. The van der Waals surface area contributed by atoms with Crippen molar-refractivity contribution < 1.29 is 17.9 Å². The highest BCUT2D eigenvalue weighted by atomic mass is 32.2. The number of hydrogen-bond donors (Lipinski definition) is 0. The van der Waals surface area contributed by atoms with Gasteiger partial charge >= 0.3 is 0 Å². The summed E-state index contributed by atoms with van der Waals surface area (Å²) in [5.41, 5.74) is 0.823. The summed E-state index contributed by atoms with van der Waals surface area (Å²) in [4.78, 5) is 8.73. The standard InChI is InChI=1S/C18H23N3O4S/c1-13-10-18(20-14(2)19-13)25-16-7-5-9-21(12-16)26(22,23)17-8-4-6-15(11-17)24-3/h4,6,8,10-11,16H,5,7,9,12H2,1-3H3. The predicted octanol–water partition coefficient (Wildman–Crippen LogP) is 2.33. The molecule has 3 rings (SSSR count). The van der Waals surface area contributed by atoms with Crippen LogP contribution in [0.25, 0.3) is 0 Å². The molecular weight excluding hydrogens is 354 g/mol. The van der Waals surface area contributed by atoms with Crippen molar-refractivity contribution in [3.63, 3.8) is 0 Å². The monoisotopic (exact) mass is 377 g/mol. The van der Waals surface area contributed by atoms with Crippen LogP contribution < -0.4 is 9.47 Å². The Hall–Kier alpha value is -2.19. The quantitative estimate of drug-likeness (QED) is 0.795. The Kier molecular flexibility index (Phi) is 5.43. The third-order valence-electron chi connectivity index (χ3n) is 4.25. The maximum atomic E-state index is 13.0. The molecule has 1 atom stereocenters. The molecular formula is C18H23N3O4S. The number of nitrogens with zero attached hydrogens (tertiary/aromatic N) is 3. The Bertz CT molecular complexity index is 866. The second kappa shape index (κ2) is 7.59. The minimum Gasteiger partial charge on any atom is -0.497 e. The number of ether oxygens (including phenoxy) is 2. The van der Waals surface area contributed by atoms with E-state index in [0.29, 0.717) is 30.5 Å². The summed E-state index contributed by atoms with van der Waals surface area (Å²) in [6.07, 6.45) is 1.28. The summed E-state index contributed by atoms with van der Waals surface area (Å²) in [6, 6.07) is 8.29. The molecule has 0 bridgehead atoms. The van der Waals surface area contributed by atoms with E-state index in [1.165, 1.54) is 17.5 Å². The molecule has 7 nitrogen and oxygen atoms in total. The Labute approximate surface area is 154 Å². The zero-order valence-corrected chi connectivity index (χ0v) is 16.0. The van der Waals surface area contributed by atoms with Gasteiger partial charge in [0.1, 0.15) is 17.7 Å². The molecule has 1 aliphatic heterocycles. The van der Waals surface area contributed by atoms with Gasteiger partial charge < -0.3 is 9.47 Å². The average Bonchev–Trinajstić information content (AvgIpc) is 2.61. The first-order chi connectivity index (χ1) is 12.4. The van der Waals surface area contributed by atoms with E-state index in [1.807, 2.05) is 6.92 Å². The van der Waals surface area contributed by atoms with Gasteiger partial charge in [-0.05, 0) is 38.8 Å². The van der Waals surface area contributed by atoms with Gasteiger partial charge in [-0.3, -0.25) is 0 Å². The summed E-state index contributed by atoms with van der Waals surface area (Å²) in [7, 11) is -2.08. The largest absolute Gasteiger partial charge is 0.497 e. The topological polar surface area (TPSA) is 81.6 Å². The summed E-state index contributed by atoms with van der Waals surface area (Å²) >= 11 is 0. The minimum absolute atomic E-state index is 0.228. The molecule has 1 aromatic heterocycles. The van der Waals surface area contributed by atoms with Crippen molar-refractivity contribution in [2.75, 3.05) is 20.2 Å². The average molecular weight is 377 g/mol. The molecule has 1 unspecified atom stereocenters. The summed E-state index contributed by atoms with van der Waals surface area (Å²) in [6.45, 7) is 4.45. The number of methoxy groups -OCH3 is 1. The number of aryl methyl sites for hydroxylation is 2. The molecule has 8 heteroatoms. The Morgan fingerprint density at radius 3 is 2.73 bits per heavy atom. The molecule has 0 N–H and O–H groups in total. The van der Waals surface area contributed by atoms with Crippen LogP contribution in [0.4, 0.5) is 0 Å². The van der Waals surface area contributed by atoms with E-state index < -0.39 is 10.0 Å².